The van der Waals surface area contributed by atoms with Crippen LogP contribution in [0.5, 0.6) is 11.5 Å². The lowest BCUT2D eigenvalue weighted by molar-refractivity contribution is 0.108. The Kier molecular flexibility index (Phi) is 3.45. The van der Waals surface area contributed by atoms with Crippen molar-refractivity contribution in [1.29, 1.82) is 0 Å². The molecule has 2 nitrogen and oxygen atoms in total. The number of benzene rings is 2. The minimum absolute atomic E-state index is 0.461. The first kappa shape index (κ1) is 11.7. The van der Waals surface area contributed by atoms with E-state index in [0.29, 0.717) is 11.3 Å². The summed E-state index contributed by atoms with van der Waals surface area (Å²) in [7, 11) is 0. The Bertz CT molecular complexity index is 515. The van der Waals surface area contributed by atoms with Gasteiger partial charge in [0.05, 0.1) is 0 Å². The molecule has 0 radical (unpaired) electrons. The van der Waals surface area contributed by atoms with Gasteiger partial charge in [0.25, 0.3) is 5.24 Å². The van der Waals surface area contributed by atoms with E-state index in [0.717, 1.165) is 5.75 Å². The fourth-order valence-electron chi connectivity index (χ4n) is 1.40. The van der Waals surface area contributed by atoms with Crippen molar-refractivity contribution in [2.45, 2.75) is 6.92 Å². The van der Waals surface area contributed by atoms with Crippen molar-refractivity contribution in [3.05, 3.63) is 59.7 Å². The van der Waals surface area contributed by atoms with Gasteiger partial charge in [-0.15, -0.1) is 0 Å². The van der Waals surface area contributed by atoms with Crippen molar-refractivity contribution < 1.29 is 9.53 Å². The molecule has 0 aliphatic carbocycles. The summed E-state index contributed by atoms with van der Waals surface area (Å²) in [6.45, 7) is 2.02. The van der Waals surface area contributed by atoms with Crippen molar-refractivity contribution in [2.75, 3.05) is 0 Å². The number of ether oxygens (including phenoxy) is 1. The maximum absolute atomic E-state index is 10.9. The molecule has 0 saturated carbocycles. The van der Waals surface area contributed by atoms with E-state index in [-0.39, 0.29) is 0 Å². The zero-order valence-electron chi connectivity index (χ0n) is 9.31. The quantitative estimate of drug-likeness (QED) is 0.760. The minimum Gasteiger partial charge on any atom is -0.457 e. The fourth-order valence-corrected chi connectivity index (χ4v) is 1.52. The summed E-state index contributed by atoms with van der Waals surface area (Å²) in [4.78, 5) is 10.9. The first-order valence-electron chi connectivity index (χ1n) is 5.19. The van der Waals surface area contributed by atoms with E-state index in [1.54, 1.807) is 24.3 Å². The third-order valence-corrected chi connectivity index (χ3v) is 2.56. The molecule has 0 aliphatic heterocycles. The number of carbonyl (C=O) groups is 1. The molecular formula is C14H11ClO2. The van der Waals surface area contributed by atoms with E-state index in [9.17, 15) is 4.79 Å². The Balaban J connectivity index is 2.13. The maximum Gasteiger partial charge on any atom is 0.252 e. The van der Waals surface area contributed by atoms with Gasteiger partial charge in [-0.25, -0.2) is 0 Å². The highest BCUT2D eigenvalue weighted by molar-refractivity contribution is 6.67. The molecule has 0 bridgehead atoms. The molecule has 0 saturated heterocycles. The number of halogens is 1. The van der Waals surface area contributed by atoms with Crippen molar-refractivity contribution >= 4 is 16.8 Å². The SMILES string of the molecule is Cc1ccc(Oc2ccc(C(=O)Cl)cc2)cc1. The summed E-state index contributed by atoms with van der Waals surface area (Å²) in [5.41, 5.74) is 1.64. The lowest BCUT2D eigenvalue weighted by atomic mass is 10.2. The maximum atomic E-state index is 10.9. The van der Waals surface area contributed by atoms with Crippen LogP contribution in [0.2, 0.25) is 0 Å². The normalized spacial score (nSPS) is 10.0. The second-order valence-electron chi connectivity index (χ2n) is 3.71. The van der Waals surface area contributed by atoms with Gasteiger partial charge in [-0.3, -0.25) is 4.79 Å². The summed E-state index contributed by atoms with van der Waals surface area (Å²) in [6, 6.07) is 14.5. The molecule has 0 amide bonds. The minimum atomic E-state index is -0.466. The van der Waals surface area contributed by atoms with Gasteiger partial charge in [0.2, 0.25) is 0 Å². The van der Waals surface area contributed by atoms with Gasteiger partial charge in [0.1, 0.15) is 11.5 Å². The number of hydrogen-bond donors (Lipinski definition) is 0. The molecule has 2 aromatic rings. The summed E-state index contributed by atoms with van der Waals surface area (Å²) in [6.07, 6.45) is 0. The Morgan fingerprint density at radius 3 is 1.88 bits per heavy atom. The molecule has 0 aliphatic rings. The predicted molar refractivity (Wildman–Crippen MR) is 67.9 cm³/mol. The Hall–Kier alpha value is -1.80. The van der Waals surface area contributed by atoms with E-state index < -0.39 is 5.24 Å². The molecule has 3 heteroatoms. The van der Waals surface area contributed by atoms with E-state index >= 15 is 0 Å². The average molecular weight is 247 g/mol. The first-order chi connectivity index (χ1) is 8.15. The molecule has 0 aromatic heterocycles. The van der Waals surface area contributed by atoms with Gasteiger partial charge in [-0.2, -0.15) is 0 Å². The first-order valence-corrected chi connectivity index (χ1v) is 5.57. The van der Waals surface area contributed by atoms with Crippen LogP contribution in [0.25, 0.3) is 0 Å². The van der Waals surface area contributed by atoms with E-state index in [4.69, 9.17) is 16.3 Å². The van der Waals surface area contributed by atoms with Crippen molar-refractivity contribution in [1.82, 2.24) is 0 Å². The summed E-state index contributed by atoms with van der Waals surface area (Å²) < 4.78 is 5.61. The zero-order chi connectivity index (χ0) is 12.3. The molecule has 0 unspecified atom stereocenters. The summed E-state index contributed by atoms with van der Waals surface area (Å²) in [5, 5.41) is -0.466. The highest BCUT2D eigenvalue weighted by Crippen LogP contribution is 2.22. The standard InChI is InChI=1S/C14H11ClO2/c1-10-2-6-12(7-3-10)17-13-8-4-11(5-9-13)14(15)16/h2-9H,1H3. The molecule has 0 spiro atoms. The molecule has 0 heterocycles. The molecule has 2 aromatic carbocycles. The second kappa shape index (κ2) is 5.02. The number of aryl methyl sites for hydroxylation is 1. The van der Waals surface area contributed by atoms with Crippen LogP contribution < -0.4 is 4.74 Å². The molecule has 0 atom stereocenters. The van der Waals surface area contributed by atoms with Crippen LogP contribution in [0, 0.1) is 6.92 Å². The van der Waals surface area contributed by atoms with Crippen LogP contribution >= 0.6 is 11.6 Å². The third-order valence-electron chi connectivity index (χ3n) is 2.34. The van der Waals surface area contributed by atoms with Gasteiger partial charge in [0.15, 0.2) is 0 Å². The lowest BCUT2D eigenvalue weighted by Crippen LogP contribution is -1.89. The lowest BCUT2D eigenvalue weighted by Gasteiger charge is -2.05. The van der Waals surface area contributed by atoms with E-state index in [1.807, 2.05) is 31.2 Å². The van der Waals surface area contributed by atoms with Gasteiger partial charge >= 0.3 is 0 Å². The van der Waals surface area contributed by atoms with Crippen LogP contribution in [-0.4, -0.2) is 5.24 Å². The van der Waals surface area contributed by atoms with Crippen LogP contribution in [0.3, 0.4) is 0 Å². The van der Waals surface area contributed by atoms with Crippen LogP contribution in [0.1, 0.15) is 15.9 Å². The number of rotatable bonds is 3. The number of hydrogen-bond acceptors (Lipinski definition) is 2. The van der Waals surface area contributed by atoms with Gasteiger partial charge in [0, 0.05) is 5.56 Å². The highest BCUT2D eigenvalue weighted by atomic mass is 35.5. The summed E-state index contributed by atoms with van der Waals surface area (Å²) >= 11 is 5.35. The van der Waals surface area contributed by atoms with Crippen LogP contribution in [0.4, 0.5) is 0 Å². The fraction of sp³-hybridized carbons (Fsp3) is 0.0714. The molecular weight excluding hydrogens is 236 g/mol. The van der Waals surface area contributed by atoms with Crippen LogP contribution in [-0.2, 0) is 0 Å². The summed E-state index contributed by atoms with van der Waals surface area (Å²) in [5.74, 6) is 1.44. The molecule has 17 heavy (non-hydrogen) atoms. The van der Waals surface area contributed by atoms with Gasteiger partial charge in [-0.1, -0.05) is 17.7 Å². The average Bonchev–Trinajstić information content (AvgIpc) is 2.33. The van der Waals surface area contributed by atoms with Crippen molar-refractivity contribution in [2.24, 2.45) is 0 Å². The van der Waals surface area contributed by atoms with E-state index in [1.165, 1.54) is 5.56 Å². The Morgan fingerprint density at radius 1 is 0.941 bits per heavy atom. The Morgan fingerprint density at radius 2 is 1.41 bits per heavy atom. The second-order valence-corrected chi connectivity index (χ2v) is 4.06. The topological polar surface area (TPSA) is 26.3 Å². The Labute approximate surface area is 105 Å². The molecule has 0 fully saturated rings. The largest absolute Gasteiger partial charge is 0.457 e. The monoisotopic (exact) mass is 246 g/mol. The van der Waals surface area contributed by atoms with Gasteiger partial charge in [-0.05, 0) is 54.9 Å². The highest BCUT2D eigenvalue weighted by Gasteiger charge is 2.02. The van der Waals surface area contributed by atoms with Crippen molar-refractivity contribution in [3.63, 3.8) is 0 Å². The molecule has 0 N–H and O–H groups in total. The predicted octanol–water partition coefficient (Wildman–Crippen LogP) is 4.17. The molecule has 86 valence electrons. The van der Waals surface area contributed by atoms with Crippen molar-refractivity contribution in [3.8, 4) is 11.5 Å². The van der Waals surface area contributed by atoms with Gasteiger partial charge < -0.3 is 4.74 Å². The third kappa shape index (κ3) is 3.08. The smallest absolute Gasteiger partial charge is 0.252 e. The van der Waals surface area contributed by atoms with Crippen LogP contribution in [0.15, 0.2) is 48.5 Å². The van der Waals surface area contributed by atoms with E-state index in [2.05, 4.69) is 0 Å². The number of carbonyl (C=O) groups excluding carboxylic acids is 1. The zero-order valence-corrected chi connectivity index (χ0v) is 10.1. The molecule has 2 rings (SSSR count).